The maximum Gasteiger partial charge on any atom is 0.145 e. The Kier molecular flexibility index (Phi) is 2.37. The molecule has 0 fully saturated rings. The van der Waals surface area contributed by atoms with Crippen LogP contribution in [0.5, 0.6) is 11.5 Å². The third-order valence-corrected chi connectivity index (χ3v) is 1.71. The molecule has 0 aliphatic heterocycles. The SMILES string of the molecule is Nc1cc(Oc2cccnc2)cc(N)n1. The van der Waals surface area contributed by atoms with Gasteiger partial charge in [-0.15, -0.1) is 0 Å². The molecule has 0 saturated carbocycles. The Balaban J connectivity index is 2.25. The van der Waals surface area contributed by atoms with Gasteiger partial charge in [0.2, 0.25) is 0 Å². The van der Waals surface area contributed by atoms with E-state index in [4.69, 9.17) is 16.2 Å². The van der Waals surface area contributed by atoms with Gasteiger partial charge in [0.15, 0.2) is 0 Å². The number of nitrogens with two attached hydrogens (primary N) is 2. The van der Waals surface area contributed by atoms with E-state index in [1.54, 1.807) is 36.7 Å². The van der Waals surface area contributed by atoms with Crippen LogP contribution in [0.3, 0.4) is 0 Å². The van der Waals surface area contributed by atoms with Crippen LogP contribution in [-0.4, -0.2) is 9.97 Å². The van der Waals surface area contributed by atoms with Crippen LogP contribution < -0.4 is 16.2 Å². The number of nitrogen functional groups attached to an aromatic ring is 2. The summed E-state index contributed by atoms with van der Waals surface area (Å²) in [7, 11) is 0. The predicted molar refractivity (Wildman–Crippen MR) is 57.4 cm³/mol. The largest absolute Gasteiger partial charge is 0.455 e. The highest BCUT2D eigenvalue weighted by Crippen LogP contribution is 2.23. The van der Waals surface area contributed by atoms with Gasteiger partial charge >= 0.3 is 0 Å². The second-order valence-electron chi connectivity index (χ2n) is 2.94. The Morgan fingerprint density at radius 2 is 1.80 bits per heavy atom. The molecule has 0 radical (unpaired) electrons. The topological polar surface area (TPSA) is 87.0 Å². The summed E-state index contributed by atoms with van der Waals surface area (Å²) in [6.45, 7) is 0. The van der Waals surface area contributed by atoms with Gasteiger partial charge in [-0.2, -0.15) is 0 Å². The Morgan fingerprint density at radius 1 is 1.07 bits per heavy atom. The summed E-state index contributed by atoms with van der Waals surface area (Å²) in [5.74, 6) is 1.83. The van der Waals surface area contributed by atoms with E-state index in [1.807, 2.05) is 0 Å². The summed E-state index contributed by atoms with van der Waals surface area (Å²) >= 11 is 0. The van der Waals surface area contributed by atoms with Crippen molar-refractivity contribution in [1.29, 1.82) is 0 Å². The fraction of sp³-hybridized carbons (Fsp3) is 0. The molecule has 2 aromatic heterocycles. The molecule has 0 saturated heterocycles. The first-order valence-electron chi connectivity index (χ1n) is 4.35. The average Bonchev–Trinajstić information content (AvgIpc) is 2.17. The lowest BCUT2D eigenvalue weighted by molar-refractivity contribution is 0.480. The molecular weight excluding hydrogens is 192 g/mol. The summed E-state index contributed by atoms with van der Waals surface area (Å²) in [5, 5.41) is 0. The third kappa shape index (κ3) is 2.34. The zero-order chi connectivity index (χ0) is 10.7. The fourth-order valence-corrected chi connectivity index (χ4v) is 1.15. The molecule has 2 aromatic rings. The van der Waals surface area contributed by atoms with Crippen molar-refractivity contribution in [2.24, 2.45) is 0 Å². The monoisotopic (exact) mass is 202 g/mol. The Hall–Kier alpha value is -2.30. The summed E-state index contributed by atoms with van der Waals surface area (Å²) in [5.41, 5.74) is 11.1. The number of hydrogen-bond donors (Lipinski definition) is 2. The van der Waals surface area contributed by atoms with E-state index in [-0.39, 0.29) is 0 Å². The molecule has 4 N–H and O–H groups in total. The summed E-state index contributed by atoms with van der Waals surface area (Å²) in [4.78, 5) is 7.76. The van der Waals surface area contributed by atoms with Gasteiger partial charge < -0.3 is 16.2 Å². The zero-order valence-corrected chi connectivity index (χ0v) is 7.92. The van der Waals surface area contributed by atoms with E-state index < -0.39 is 0 Å². The van der Waals surface area contributed by atoms with Crippen LogP contribution in [0.25, 0.3) is 0 Å². The highest BCUT2D eigenvalue weighted by atomic mass is 16.5. The van der Waals surface area contributed by atoms with Crippen molar-refractivity contribution in [1.82, 2.24) is 9.97 Å². The Morgan fingerprint density at radius 3 is 2.40 bits per heavy atom. The van der Waals surface area contributed by atoms with Gasteiger partial charge in [-0.1, -0.05) is 0 Å². The molecule has 5 nitrogen and oxygen atoms in total. The number of anilines is 2. The second kappa shape index (κ2) is 3.83. The Bertz CT molecular complexity index is 438. The van der Waals surface area contributed by atoms with Crippen molar-refractivity contribution in [3.8, 4) is 11.5 Å². The number of rotatable bonds is 2. The van der Waals surface area contributed by atoms with Crippen molar-refractivity contribution in [2.45, 2.75) is 0 Å². The standard InChI is InChI=1S/C10H10N4O/c11-9-4-8(5-10(12)14-9)15-7-2-1-3-13-6-7/h1-6H,(H4,11,12,14). The molecule has 2 rings (SSSR count). The van der Waals surface area contributed by atoms with Crippen LogP contribution >= 0.6 is 0 Å². The number of ether oxygens (including phenoxy) is 1. The van der Waals surface area contributed by atoms with Gasteiger partial charge in [0, 0.05) is 18.3 Å². The minimum absolute atomic E-state index is 0.328. The van der Waals surface area contributed by atoms with Crippen LogP contribution in [-0.2, 0) is 0 Å². The van der Waals surface area contributed by atoms with Crippen LogP contribution in [0.2, 0.25) is 0 Å². The minimum Gasteiger partial charge on any atom is -0.455 e. The maximum atomic E-state index is 5.53. The van der Waals surface area contributed by atoms with Gasteiger partial charge in [-0.05, 0) is 12.1 Å². The van der Waals surface area contributed by atoms with E-state index in [0.717, 1.165) is 0 Å². The molecule has 76 valence electrons. The average molecular weight is 202 g/mol. The van der Waals surface area contributed by atoms with Gasteiger partial charge in [0.05, 0.1) is 6.20 Å². The molecule has 0 aliphatic carbocycles. The molecule has 2 heterocycles. The molecule has 0 unspecified atom stereocenters. The summed E-state index contributed by atoms with van der Waals surface area (Å²) in [6, 6.07) is 6.77. The zero-order valence-electron chi connectivity index (χ0n) is 7.92. The van der Waals surface area contributed by atoms with Gasteiger partial charge in [0.25, 0.3) is 0 Å². The smallest absolute Gasteiger partial charge is 0.145 e. The number of pyridine rings is 2. The van der Waals surface area contributed by atoms with E-state index in [1.165, 1.54) is 0 Å². The fourth-order valence-electron chi connectivity index (χ4n) is 1.15. The minimum atomic E-state index is 0.328. The highest BCUT2D eigenvalue weighted by Gasteiger charge is 2.00. The van der Waals surface area contributed by atoms with Crippen molar-refractivity contribution < 1.29 is 4.74 Å². The lowest BCUT2D eigenvalue weighted by Gasteiger charge is -2.05. The van der Waals surface area contributed by atoms with Crippen LogP contribution in [0.1, 0.15) is 0 Å². The molecule has 0 bridgehead atoms. The van der Waals surface area contributed by atoms with Gasteiger partial charge in [-0.25, -0.2) is 4.98 Å². The number of hydrogen-bond acceptors (Lipinski definition) is 5. The normalized spacial score (nSPS) is 9.87. The van der Waals surface area contributed by atoms with Crippen LogP contribution in [0, 0.1) is 0 Å². The van der Waals surface area contributed by atoms with Crippen LogP contribution in [0.4, 0.5) is 11.6 Å². The van der Waals surface area contributed by atoms with Crippen LogP contribution in [0.15, 0.2) is 36.7 Å². The molecule has 0 aromatic carbocycles. The summed E-state index contributed by atoms with van der Waals surface area (Å²) in [6.07, 6.45) is 3.27. The van der Waals surface area contributed by atoms with E-state index >= 15 is 0 Å². The molecule has 0 spiro atoms. The maximum absolute atomic E-state index is 5.53. The number of nitrogens with zero attached hydrogens (tertiary/aromatic N) is 2. The predicted octanol–water partition coefficient (Wildman–Crippen LogP) is 1.43. The third-order valence-electron chi connectivity index (χ3n) is 1.71. The van der Waals surface area contributed by atoms with E-state index in [2.05, 4.69) is 9.97 Å². The lowest BCUT2D eigenvalue weighted by Crippen LogP contribution is -1.96. The summed E-state index contributed by atoms with van der Waals surface area (Å²) < 4.78 is 5.48. The molecule has 5 heteroatoms. The molecular formula is C10H10N4O. The van der Waals surface area contributed by atoms with Gasteiger partial charge in [-0.3, -0.25) is 4.98 Å². The quantitative estimate of drug-likeness (QED) is 0.769. The van der Waals surface area contributed by atoms with E-state index in [0.29, 0.717) is 23.1 Å². The lowest BCUT2D eigenvalue weighted by atomic mass is 10.4. The molecule has 0 aliphatic rings. The molecule has 0 atom stereocenters. The Labute approximate surface area is 86.7 Å². The highest BCUT2D eigenvalue weighted by molar-refractivity contribution is 5.47. The first-order chi connectivity index (χ1) is 7.24. The molecule has 0 amide bonds. The van der Waals surface area contributed by atoms with Gasteiger partial charge in [0.1, 0.15) is 23.1 Å². The van der Waals surface area contributed by atoms with Crippen molar-refractivity contribution in [3.63, 3.8) is 0 Å². The van der Waals surface area contributed by atoms with E-state index in [9.17, 15) is 0 Å². The first-order valence-corrected chi connectivity index (χ1v) is 4.35. The van der Waals surface area contributed by atoms with Crippen molar-refractivity contribution in [2.75, 3.05) is 11.5 Å². The first kappa shape index (κ1) is 9.26. The van der Waals surface area contributed by atoms with Crippen molar-refractivity contribution >= 4 is 11.6 Å². The second-order valence-corrected chi connectivity index (χ2v) is 2.94. The van der Waals surface area contributed by atoms with Crippen molar-refractivity contribution in [3.05, 3.63) is 36.7 Å². The number of aromatic nitrogens is 2. The molecule has 15 heavy (non-hydrogen) atoms.